The first-order chi connectivity index (χ1) is 17.1. The highest BCUT2D eigenvalue weighted by atomic mass is 16.7. The summed E-state index contributed by atoms with van der Waals surface area (Å²) in [5.74, 6) is 2.04. The molecule has 0 unspecified atom stereocenters. The number of nitrogens with one attached hydrogen (secondary N) is 1. The minimum Gasteiger partial charge on any atom is -0.490 e. The lowest BCUT2D eigenvalue weighted by molar-refractivity contribution is -0.0856. The molecular weight excluding hydrogens is 454 g/mol. The standard InChI is InChI=1S/C30H49NO5/c1-9-19-34-26-17-15-25(16-18-26)21-27(31-29(32)36-30(5,6)7)28(35-22-33-8)14-12-11-13-24(4)20-23(3)10-2/h9,11,13,15-18,23-24,27-28H,1,10,12,14,19-22H2,2-8H3,(H,31,32)/b13-11+/t23-,24+,27+,28-/m1/s1. The highest BCUT2D eigenvalue weighted by molar-refractivity contribution is 5.68. The van der Waals surface area contributed by atoms with E-state index in [1.54, 1.807) is 13.2 Å². The van der Waals surface area contributed by atoms with E-state index in [0.29, 0.717) is 18.9 Å². The van der Waals surface area contributed by atoms with Crippen LogP contribution in [0.25, 0.3) is 0 Å². The van der Waals surface area contributed by atoms with Crippen LogP contribution in [0, 0.1) is 11.8 Å². The first kappa shape index (κ1) is 31.7. The molecule has 1 N–H and O–H groups in total. The zero-order chi connectivity index (χ0) is 27.0. The second-order valence-electron chi connectivity index (χ2n) is 10.5. The Labute approximate surface area is 219 Å². The first-order valence-corrected chi connectivity index (χ1v) is 13.2. The fourth-order valence-corrected chi connectivity index (χ4v) is 3.89. The molecule has 0 aliphatic heterocycles. The Bertz CT molecular complexity index is 769. The van der Waals surface area contributed by atoms with Crippen LogP contribution in [0.4, 0.5) is 4.79 Å². The molecule has 0 saturated carbocycles. The Balaban J connectivity index is 2.97. The van der Waals surface area contributed by atoms with Crippen molar-refractivity contribution in [2.75, 3.05) is 20.5 Å². The Hall–Kier alpha value is -2.31. The van der Waals surface area contributed by atoms with E-state index in [0.717, 1.165) is 30.1 Å². The molecule has 0 aliphatic rings. The van der Waals surface area contributed by atoms with Gasteiger partial charge in [-0.3, -0.25) is 0 Å². The van der Waals surface area contributed by atoms with E-state index < -0.39 is 11.7 Å². The quantitative estimate of drug-likeness (QED) is 0.182. The third-order valence-corrected chi connectivity index (χ3v) is 5.85. The lowest BCUT2D eigenvalue weighted by Gasteiger charge is -2.29. The van der Waals surface area contributed by atoms with Gasteiger partial charge in [0.1, 0.15) is 24.8 Å². The topological polar surface area (TPSA) is 66.0 Å². The number of hydrogen-bond donors (Lipinski definition) is 1. The highest BCUT2D eigenvalue weighted by Crippen LogP contribution is 2.20. The van der Waals surface area contributed by atoms with E-state index in [9.17, 15) is 4.79 Å². The SMILES string of the molecule is C=CCOc1ccc(C[C@H](NC(=O)OC(C)(C)C)[C@@H](CC/C=C/[C@H](C)C[C@H](C)CC)OCOC)cc1. The number of benzene rings is 1. The van der Waals surface area contributed by atoms with Gasteiger partial charge in [-0.1, -0.05) is 64.1 Å². The number of alkyl carbamates (subject to hydrolysis) is 1. The van der Waals surface area contributed by atoms with Gasteiger partial charge in [0.05, 0.1) is 12.1 Å². The smallest absolute Gasteiger partial charge is 0.407 e. The van der Waals surface area contributed by atoms with E-state index >= 15 is 0 Å². The van der Waals surface area contributed by atoms with Crippen LogP contribution in [0.15, 0.2) is 49.1 Å². The van der Waals surface area contributed by atoms with Gasteiger partial charge in [-0.05, 0) is 76.0 Å². The number of carbonyl (C=O) groups is 1. The van der Waals surface area contributed by atoms with Crippen LogP contribution in [0.1, 0.15) is 72.8 Å². The van der Waals surface area contributed by atoms with Crippen molar-refractivity contribution >= 4 is 6.09 Å². The minimum atomic E-state index is -0.587. The van der Waals surface area contributed by atoms with E-state index in [1.807, 2.05) is 45.0 Å². The maximum atomic E-state index is 12.7. The third-order valence-electron chi connectivity index (χ3n) is 5.85. The molecule has 36 heavy (non-hydrogen) atoms. The Kier molecular flexibility index (Phi) is 15.2. The summed E-state index contributed by atoms with van der Waals surface area (Å²) in [4.78, 5) is 12.7. The molecule has 1 amide bonds. The van der Waals surface area contributed by atoms with Gasteiger partial charge in [0, 0.05) is 7.11 Å². The molecule has 6 heteroatoms. The molecule has 1 rings (SSSR count). The van der Waals surface area contributed by atoms with Gasteiger partial charge in [0.15, 0.2) is 0 Å². The maximum absolute atomic E-state index is 12.7. The average molecular weight is 504 g/mol. The van der Waals surface area contributed by atoms with E-state index in [2.05, 4.69) is 44.8 Å². The summed E-state index contributed by atoms with van der Waals surface area (Å²) >= 11 is 0. The van der Waals surface area contributed by atoms with Crippen molar-refractivity contribution in [1.82, 2.24) is 5.32 Å². The van der Waals surface area contributed by atoms with E-state index in [4.69, 9.17) is 18.9 Å². The van der Waals surface area contributed by atoms with Crippen LogP contribution in [0.3, 0.4) is 0 Å². The number of rotatable bonds is 17. The van der Waals surface area contributed by atoms with Crippen molar-refractivity contribution in [2.45, 2.75) is 91.4 Å². The van der Waals surface area contributed by atoms with Crippen LogP contribution < -0.4 is 10.1 Å². The Morgan fingerprint density at radius 3 is 2.44 bits per heavy atom. The average Bonchev–Trinajstić information content (AvgIpc) is 2.81. The van der Waals surface area contributed by atoms with Gasteiger partial charge in [-0.15, -0.1) is 0 Å². The van der Waals surface area contributed by atoms with E-state index in [1.165, 1.54) is 12.8 Å². The van der Waals surface area contributed by atoms with E-state index in [-0.39, 0.29) is 18.9 Å². The van der Waals surface area contributed by atoms with Crippen LogP contribution in [-0.4, -0.2) is 44.3 Å². The summed E-state index contributed by atoms with van der Waals surface area (Å²) in [6.07, 6.45) is 10.1. The zero-order valence-electron chi connectivity index (χ0n) is 23.5. The van der Waals surface area contributed by atoms with Crippen molar-refractivity contribution in [2.24, 2.45) is 11.8 Å². The van der Waals surface area contributed by atoms with Crippen molar-refractivity contribution in [3.05, 3.63) is 54.6 Å². The summed E-state index contributed by atoms with van der Waals surface area (Å²) in [6.45, 7) is 16.6. The molecule has 1 aromatic rings. The predicted molar refractivity (Wildman–Crippen MR) is 147 cm³/mol. The van der Waals surface area contributed by atoms with Gasteiger partial charge in [0.25, 0.3) is 0 Å². The molecule has 0 aromatic heterocycles. The van der Waals surface area contributed by atoms with Crippen molar-refractivity contribution in [3.63, 3.8) is 0 Å². The van der Waals surface area contributed by atoms with Gasteiger partial charge in [-0.2, -0.15) is 0 Å². The largest absolute Gasteiger partial charge is 0.490 e. The number of allylic oxidation sites excluding steroid dienone is 2. The first-order valence-electron chi connectivity index (χ1n) is 13.2. The monoisotopic (exact) mass is 503 g/mol. The number of ether oxygens (including phenoxy) is 4. The lowest BCUT2D eigenvalue weighted by atomic mass is 9.94. The molecule has 6 nitrogen and oxygen atoms in total. The van der Waals surface area contributed by atoms with Crippen LogP contribution in [-0.2, 0) is 20.6 Å². The molecule has 0 heterocycles. The van der Waals surface area contributed by atoms with Gasteiger partial charge < -0.3 is 24.3 Å². The van der Waals surface area contributed by atoms with Crippen molar-refractivity contribution < 1.29 is 23.7 Å². The molecule has 204 valence electrons. The molecular formula is C30H49NO5. The highest BCUT2D eigenvalue weighted by Gasteiger charge is 2.27. The minimum absolute atomic E-state index is 0.152. The molecule has 4 atom stereocenters. The van der Waals surface area contributed by atoms with Gasteiger partial charge in [-0.25, -0.2) is 4.79 Å². The Morgan fingerprint density at radius 2 is 1.86 bits per heavy atom. The van der Waals surface area contributed by atoms with Crippen molar-refractivity contribution in [1.29, 1.82) is 0 Å². The summed E-state index contributed by atoms with van der Waals surface area (Å²) < 4.78 is 22.4. The zero-order valence-corrected chi connectivity index (χ0v) is 23.5. The fourth-order valence-electron chi connectivity index (χ4n) is 3.89. The lowest BCUT2D eigenvalue weighted by Crippen LogP contribution is -2.47. The molecule has 0 bridgehead atoms. The summed E-state index contributed by atoms with van der Waals surface area (Å²) in [5, 5.41) is 3.05. The predicted octanol–water partition coefficient (Wildman–Crippen LogP) is 7.09. The second-order valence-corrected chi connectivity index (χ2v) is 10.5. The molecule has 0 spiro atoms. The second kappa shape index (κ2) is 17.2. The number of carbonyl (C=O) groups excluding carboxylic acids is 1. The third kappa shape index (κ3) is 14.3. The van der Waals surface area contributed by atoms with Crippen molar-refractivity contribution in [3.8, 4) is 5.75 Å². The molecule has 0 aliphatic carbocycles. The summed E-state index contributed by atoms with van der Waals surface area (Å²) in [7, 11) is 1.60. The fraction of sp³-hybridized carbons (Fsp3) is 0.633. The number of hydrogen-bond acceptors (Lipinski definition) is 5. The number of amides is 1. The molecule has 0 fully saturated rings. The van der Waals surface area contributed by atoms with Gasteiger partial charge >= 0.3 is 6.09 Å². The van der Waals surface area contributed by atoms with Crippen LogP contribution in [0.5, 0.6) is 5.75 Å². The summed E-state index contributed by atoms with van der Waals surface area (Å²) in [6, 6.07) is 7.57. The molecule has 0 radical (unpaired) electrons. The molecule has 1 aromatic carbocycles. The van der Waals surface area contributed by atoms with Gasteiger partial charge in [0.2, 0.25) is 0 Å². The van der Waals surface area contributed by atoms with Crippen LogP contribution in [0.2, 0.25) is 0 Å². The Morgan fingerprint density at radius 1 is 1.17 bits per heavy atom. The summed E-state index contributed by atoms with van der Waals surface area (Å²) in [5.41, 5.74) is 0.474. The maximum Gasteiger partial charge on any atom is 0.407 e. The number of methoxy groups -OCH3 is 1. The van der Waals surface area contributed by atoms with Crippen LogP contribution >= 0.6 is 0 Å². The normalized spacial score (nSPS) is 15.2. The molecule has 0 saturated heterocycles.